The zero-order valence-electron chi connectivity index (χ0n) is 8.00. The van der Waals surface area contributed by atoms with Gasteiger partial charge in [0.1, 0.15) is 0 Å². The van der Waals surface area contributed by atoms with E-state index in [1.165, 1.54) is 4.88 Å². The summed E-state index contributed by atoms with van der Waals surface area (Å²) in [7, 11) is 0. The van der Waals surface area contributed by atoms with Crippen LogP contribution in [0.3, 0.4) is 0 Å². The number of aliphatic hydroxyl groups is 1. The molecule has 1 aromatic heterocycles. The highest BCUT2D eigenvalue weighted by Crippen LogP contribution is 2.37. The van der Waals surface area contributed by atoms with Crippen LogP contribution in [0.15, 0.2) is 15.9 Å². The van der Waals surface area contributed by atoms with Crippen molar-refractivity contribution in [1.82, 2.24) is 0 Å². The van der Waals surface area contributed by atoms with E-state index in [0.29, 0.717) is 5.25 Å². The van der Waals surface area contributed by atoms with Gasteiger partial charge in [-0.3, -0.25) is 0 Å². The molecule has 0 spiro atoms. The topological polar surface area (TPSA) is 20.2 Å². The molecule has 0 radical (unpaired) electrons. The van der Waals surface area contributed by atoms with E-state index in [2.05, 4.69) is 34.3 Å². The second-order valence-electron chi connectivity index (χ2n) is 3.96. The summed E-state index contributed by atoms with van der Waals surface area (Å²) in [6.07, 6.45) is 1.73. The molecule has 0 saturated carbocycles. The molecule has 1 aliphatic heterocycles. The van der Waals surface area contributed by atoms with Gasteiger partial charge in [-0.15, -0.1) is 11.3 Å². The molecular formula is C10H13BrOS2. The lowest BCUT2D eigenvalue weighted by Gasteiger charge is -2.20. The first-order valence-electron chi connectivity index (χ1n) is 4.64. The van der Waals surface area contributed by atoms with E-state index >= 15 is 0 Å². The Hall–Kier alpha value is 0.490. The van der Waals surface area contributed by atoms with Gasteiger partial charge in [-0.1, -0.05) is 6.92 Å². The minimum Gasteiger partial charge on any atom is -0.389 e. The van der Waals surface area contributed by atoms with Crippen LogP contribution in [-0.2, 0) is 6.42 Å². The number of thioether (sulfide) groups is 1. The lowest BCUT2D eigenvalue weighted by molar-refractivity contribution is 0.0651. The van der Waals surface area contributed by atoms with Crippen molar-refractivity contribution in [2.24, 2.45) is 0 Å². The molecule has 4 heteroatoms. The summed E-state index contributed by atoms with van der Waals surface area (Å²) in [6, 6.07) is 2.11. The van der Waals surface area contributed by atoms with Crippen molar-refractivity contribution >= 4 is 39.0 Å². The number of hydrogen-bond acceptors (Lipinski definition) is 3. The van der Waals surface area contributed by atoms with Crippen molar-refractivity contribution in [2.45, 2.75) is 30.6 Å². The Balaban J connectivity index is 2.03. The van der Waals surface area contributed by atoms with Crippen LogP contribution in [0.1, 0.15) is 18.2 Å². The van der Waals surface area contributed by atoms with Crippen LogP contribution in [0, 0.1) is 0 Å². The summed E-state index contributed by atoms with van der Waals surface area (Å²) in [5, 5.41) is 13.0. The predicted octanol–water partition coefficient (Wildman–Crippen LogP) is 3.31. The molecule has 2 atom stereocenters. The quantitative estimate of drug-likeness (QED) is 0.902. The van der Waals surface area contributed by atoms with E-state index in [0.717, 1.165) is 23.1 Å². The first-order valence-corrected chi connectivity index (χ1v) is 7.36. The maximum absolute atomic E-state index is 10.3. The van der Waals surface area contributed by atoms with E-state index < -0.39 is 5.60 Å². The maximum Gasteiger partial charge on any atom is 0.0796 e. The van der Waals surface area contributed by atoms with Gasteiger partial charge in [-0.2, -0.15) is 11.8 Å². The molecule has 78 valence electrons. The smallest absolute Gasteiger partial charge is 0.0796 e. The van der Waals surface area contributed by atoms with E-state index in [9.17, 15) is 5.11 Å². The normalized spacial score (nSPS) is 32.4. The standard InChI is InChI=1S/C10H13BrOS2/c1-7-3-10(12,6-14-7)4-9-2-8(11)5-13-9/h2,5,7,12H,3-4,6H2,1H3. The molecule has 1 fully saturated rings. The van der Waals surface area contributed by atoms with Crippen molar-refractivity contribution in [3.63, 3.8) is 0 Å². The van der Waals surface area contributed by atoms with Crippen LogP contribution in [0.4, 0.5) is 0 Å². The van der Waals surface area contributed by atoms with Crippen LogP contribution in [-0.4, -0.2) is 21.7 Å². The second kappa shape index (κ2) is 4.16. The van der Waals surface area contributed by atoms with Gasteiger partial charge in [0.05, 0.1) is 5.60 Å². The molecule has 2 heterocycles. The molecule has 1 aromatic rings. The van der Waals surface area contributed by atoms with Crippen molar-refractivity contribution in [2.75, 3.05) is 5.75 Å². The maximum atomic E-state index is 10.3. The van der Waals surface area contributed by atoms with Gasteiger partial charge < -0.3 is 5.11 Å². The van der Waals surface area contributed by atoms with Crippen LogP contribution in [0.2, 0.25) is 0 Å². The molecule has 0 aromatic carbocycles. The van der Waals surface area contributed by atoms with Gasteiger partial charge in [0.2, 0.25) is 0 Å². The summed E-state index contributed by atoms with van der Waals surface area (Å²) >= 11 is 7.03. The van der Waals surface area contributed by atoms with Gasteiger partial charge in [-0.05, 0) is 28.4 Å². The van der Waals surface area contributed by atoms with E-state index in [1.807, 2.05) is 11.8 Å². The lowest BCUT2D eigenvalue weighted by Crippen LogP contribution is -2.31. The minimum absolute atomic E-state index is 0.464. The van der Waals surface area contributed by atoms with Crippen LogP contribution in [0.25, 0.3) is 0 Å². The molecular weight excluding hydrogens is 280 g/mol. The fourth-order valence-corrected chi connectivity index (χ4v) is 4.67. The Labute approximate surface area is 101 Å². The van der Waals surface area contributed by atoms with Gasteiger partial charge in [0.25, 0.3) is 0 Å². The number of thiophene rings is 1. The highest BCUT2D eigenvalue weighted by atomic mass is 79.9. The first kappa shape index (κ1) is 11.0. The Bertz CT molecular complexity index is 326. The van der Waals surface area contributed by atoms with Crippen molar-refractivity contribution in [1.29, 1.82) is 0 Å². The second-order valence-corrected chi connectivity index (χ2v) is 7.30. The molecule has 0 aliphatic carbocycles. The SMILES string of the molecule is CC1CC(O)(Cc2cc(Br)cs2)CS1. The summed E-state index contributed by atoms with van der Waals surface area (Å²) in [4.78, 5) is 1.27. The summed E-state index contributed by atoms with van der Waals surface area (Å²) in [5.41, 5.74) is -0.464. The number of hydrogen-bond donors (Lipinski definition) is 1. The third-order valence-corrected chi connectivity index (χ3v) is 5.57. The average molecular weight is 293 g/mol. The predicted molar refractivity (Wildman–Crippen MR) is 67.2 cm³/mol. The third-order valence-electron chi connectivity index (χ3n) is 2.43. The molecule has 1 saturated heterocycles. The Kier molecular flexibility index (Phi) is 3.27. The molecule has 0 amide bonds. The molecule has 1 nitrogen and oxygen atoms in total. The highest BCUT2D eigenvalue weighted by molar-refractivity contribution is 9.10. The monoisotopic (exact) mass is 292 g/mol. The largest absolute Gasteiger partial charge is 0.389 e. The average Bonchev–Trinajstić information content (AvgIpc) is 2.60. The molecule has 1 N–H and O–H groups in total. The lowest BCUT2D eigenvalue weighted by atomic mass is 9.96. The summed E-state index contributed by atoms with van der Waals surface area (Å²) in [5.74, 6) is 0.879. The van der Waals surface area contributed by atoms with Crippen LogP contribution >= 0.6 is 39.0 Å². The zero-order chi connectivity index (χ0) is 10.2. The molecule has 2 rings (SSSR count). The summed E-state index contributed by atoms with van der Waals surface area (Å²) in [6.45, 7) is 2.19. The third kappa shape index (κ3) is 2.54. The zero-order valence-corrected chi connectivity index (χ0v) is 11.2. The number of halogens is 1. The Morgan fingerprint density at radius 1 is 1.71 bits per heavy atom. The Morgan fingerprint density at radius 3 is 3.00 bits per heavy atom. The first-order chi connectivity index (χ1) is 6.57. The fraction of sp³-hybridized carbons (Fsp3) is 0.600. The Morgan fingerprint density at radius 2 is 2.50 bits per heavy atom. The molecule has 14 heavy (non-hydrogen) atoms. The van der Waals surface area contributed by atoms with Crippen molar-refractivity contribution in [3.8, 4) is 0 Å². The van der Waals surface area contributed by atoms with Gasteiger partial charge in [0.15, 0.2) is 0 Å². The molecule has 2 unspecified atom stereocenters. The molecule has 1 aliphatic rings. The fourth-order valence-electron chi connectivity index (χ4n) is 1.84. The van der Waals surface area contributed by atoms with Crippen LogP contribution < -0.4 is 0 Å². The summed E-state index contributed by atoms with van der Waals surface area (Å²) < 4.78 is 1.12. The van der Waals surface area contributed by atoms with Gasteiger partial charge in [0, 0.05) is 32.2 Å². The van der Waals surface area contributed by atoms with Crippen LogP contribution in [0.5, 0.6) is 0 Å². The number of rotatable bonds is 2. The van der Waals surface area contributed by atoms with Crippen molar-refractivity contribution < 1.29 is 5.11 Å². The van der Waals surface area contributed by atoms with Crippen molar-refractivity contribution in [3.05, 3.63) is 20.8 Å². The van der Waals surface area contributed by atoms with Gasteiger partial charge >= 0.3 is 0 Å². The van der Waals surface area contributed by atoms with Gasteiger partial charge in [-0.25, -0.2) is 0 Å². The van der Waals surface area contributed by atoms with E-state index in [1.54, 1.807) is 11.3 Å². The highest BCUT2D eigenvalue weighted by Gasteiger charge is 2.36. The minimum atomic E-state index is -0.464. The van der Waals surface area contributed by atoms with E-state index in [4.69, 9.17) is 0 Å². The molecule has 0 bridgehead atoms. The van der Waals surface area contributed by atoms with E-state index in [-0.39, 0.29) is 0 Å².